The highest BCUT2D eigenvalue weighted by Gasteiger charge is 2.40. The van der Waals surface area contributed by atoms with Crippen molar-refractivity contribution in [3.63, 3.8) is 0 Å². The van der Waals surface area contributed by atoms with Gasteiger partial charge in [-0.15, -0.1) is 0 Å². The standard InChI is InChI=1S/C31H27F2N3O6S/c1-31(16-41-27-17(5-4-6-21(27)31)7-10-26(37)40-2)25-15-35-30(36-25)20-13-18(8-9-22(20)32)42-28-23(33)14-24-19(11-12-34-24)29(28)43(3,38)39/h4-6,8-9,11-15,34H,7,10,16H2,1-3H3,(H,35,36)/t31-/m0/s1. The summed E-state index contributed by atoms with van der Waals surface area (Å²) in [6, 6.07) is 12.2. The number of hydrogen-bond donors (Lipinski definition) is 2. The number of ether oxygens (including phenoxy) is 3. The molecule has 2 aromatic heterocycles. The van der Waals surface area contributed by atoms with Crippen LogP contribution < -0.4 is 9.47 Å². The fourth-order valence-electron chi connectivity index (χ4n) is 5.43. The van der Waals surface area contributed by atoms with Crippen molar-refractivity contribution in [2.24, 2.45) is 0 Å². The Bertz CT molecular complexity index is 2000. The molecule has 43 heavy (non-hydrogen) atoms. The second-order valence-electron chi connectivity index (χ2n) is 10.6. The average Bonchev–Trinajstić information content (AvgIpc) is 3.72. The van der Waals surface area contributed by atoms with E-state index in [1.165, 1.54) is 31.5 Å². The van der Waals surface area contributed by atoms with Crippen LogP contribution in [0.3, 0.4) is 0 Å². The van der Waals surface area contributed by atoms with E-state index in [4.69, 9.17) is 14.2 Å². The fraction of sp³-hybridized carbons (Fsp3) is 0.226. The Hall–Kier alpha value is -4.71. The first-order valence-corrected chi connectivity index (χ1v) is 15.2. The molecule has 3 aromatic carbocycles. The van der Waals surface area contributed by atoms with Crippen molar-refractivity contribution in [1.82, 2.24) is 15.0 Å². The number of aryl methyl sites for hydroxylation is 1. The molecule has 6 rings (SSSR count). The Morgan fingerprint density at radius 2 is 1.95 bits per heavy atom. The molecular weight excluding hydrogens is 580 g/mol. The van der Waals surface area contributed by atoms with Gasteiger partial charge in [0, 0.05) is 53.3 Å². The zero-order valence-corrected chi connectivity index (χ0v) is 24.3. The minimum atomic E-state index is -3.91. The van der Waals surface area contributed by atoms with Crippen LogP contribution in [0.5, 0.6) is 17.2 Å². The third kappa shape index (κ3) is 5.01. The molecule has 0 bridgehead atoms. The number of carbonyl (C=O) groups excluding carboxylic acids is 1. The van der Waals surface area contributed by atoms with Gasteiger partial charge in [-0.1, -0.05) is 18.2 Å². The fourth-order valence-corrected chi connectivity index (χ4v) is 6.49. The van der Waals surface area contributed by atoms with Crippen molar-refractivity contribution in [2.75, 3.05) is 20.0 Å². The number of esters is 1. The highest BCUT2D eigenvalue weighted by Crippen LogP contribution is 2.45. The zero-order chi connectivity index (χ0) is 30.5. The van der Waals surface area contributed by atoms with E-state index < -0.39 is 32.6 Å². The second kappa shape index (κ2) is 10.5. The van der Waals surface area contributed by atoms with Gasteiger partial charge in [0.15, 0.2) is 21.4 Å². The number of benzene rings is 3. The lowest BCUT2D eigenvalue weighted by Gasteiger charge is -2.21. The molecule has 0 fully saturated rings. The molecule has 222 valence electrons. The number of nitrogens with zero attached hydrogens (tertiary/aromatic N) is 1. The number of hydrogen-bond acceptors (Lipinski definition) is 7. The predicted molar refractivity (Wildman–Crippen MR) is 154 cm³/mol. The van der Waals surface area contributed by atoms with Crippen molar-refractivity contribution in [1.29, 1.82) is 0 Å². The van der Waals surface area contributed by atoms with E-state index in [1.54, 1.807) is 6.20 Å². The number of fused-ring (bicyclic) bond motifs is 2. The Labute approximate surface area is 245 Å². The van der Waals surface area contributed by atoms with Gasteiger partial charge in [0.2, 0.25) is 0 Å². The minimum Gasteiger partial charge on any atom is -0.492 e. The quantitative estimate of drug-likeness (QED) is 0.213. The summed E-state index contributed by atoms with van der Waals surface area (Å²) in [5.41, 5.74) is 2.14. The molecule has 1 atom stereocenters. The van der Waals surface area contributed by atoms with Crippen LogP contribution in [0.25, 0.3) is 22.3 Å². The first-order valence-electron chi connectivity index (χ1n) is 13.3. The highest BCUT2D eigenvalue weighted by molar-refractivity contribution is 7.91. The van der Waals surface area contributed by atoms with E-state index in [0.29, 0.717) is 30.0 Å². The molecule has 2 N–H and O–H groups in total. The lowest BCUT2D eigenvalue weighted by atomic mass is 9.81. The monoisotopic (exact) mass is 607 g/mol. The van der Waals surface area contributed by atoms with E-state index in [2.05, 4.69) is 15.0 Å². The molecule has 0 spiro atoms. The molecule has 9 nitrogen and oxygen atoms in total. The number of rotatable bonds is 8. The Morgan fingerprint density at radius 3 is 2.72 bits per heavy atom. The number of methoxy groups -OCH3 is 1. The predicted octanol–water partition coefficient (Wildman–Crippen LogP) is 5.84. The molecule has 0 aliphatic carbocycles. The van der Waals surface area contributed by atoms with Crippen molar-refractivity contribution in [3.05, 3.63) is 89.4 Å². The second-order valence-corrected chi connectivity index (χ2v) is 12.6. The Morgan fingerprint density at radius 1 is 1.14 bits per heavy atom. The van der Waals surface area contributed by atoms with Gasteiger partial charge in [-0.2, -0.15) is 0 Å². The highest BCUT2D eigenvalue weighted by atomic mass is 32.2. The number of aromatic nitrogens is 3. The summed E-state index contributed by atoms with van der Waals surface area (Å²) < 4.78 is 72.1. The minimum absolute atomic E-state index is 0.0176. The number of aromatic amines is 2. The number of para-hydroxylation sites is 1. The molecule has 0 unspecified atom stereocenters. The average molecular weight is 608 g/mol. The molecule has 0 amide bonds. The van der Waals surface area contributed by atoms with Gasteiger partial charge in [-0.25, -0.2) is 22.2 Å². The molecule has 3 heterocycles. The topological polar surface area (TPSA) is 123 Å². The van der Waals surface area contributed by atoms with Crippen molar-refractivity contribution < 1.29 is 36.2 Å². The van der Waals surface area contributed by atoms with Crippen LogP contribution in [0.4, 0.5) is 8.78 Å². The maximum Gasteiger partial charge on any atom is 0.305 e. The van der Waals surface area contributed by atoms with Gasteiger partial charge in [0.25, 0.3) is 0 Å². The summed E-state index contributed by atoms with van der Waals surface area (Å²) in [4.78, 5) is 21.8. The SMILES string of the molecule is COC(=O)CCc1cccc2c1OC[C@]2(C)c1cnc(-c2cc(Oc3c(F)cc4[nH]ccc4c3S(C)(=O)=O)ccc2F)[nH]1. The summed E-state index contributed by atoms with van der Waals surface area (Å²) in [6.07, 6.45) is 4.74. The molecule has 5 aromatic rings. The van der Waals surface area contributed by atoms with Gasteiger partial charge in [0.05, 0.1) is 18.1 Å². The van der Waals surface area contributed by atoms with E-state index >= 15 is 8.78 Å². The molecular formula is C31H27F2N3O6S. The third-order valence-corrected chi connectivity index (χ3v) is 8.84. The van der Waals surface area contributed by atoms with Crippen LogP contribution in [0.2, 0.25) is 0 Å². The number of sulfone groups is 1. The van der Waals surface area contributed by atoms with Gasteiger partial charge in [-0.05, 0) is 43.2 Å². The third-order valence-electron chi connectivity index (χ3n) is 7.69. The molecule has 12 heteroatoms. The summed E-state index contributed by atoms with van der Waals surface area (Å²) >= 11 is 0. The smallest absolute Gasteiger partial charge is 0.305 e. The van der Waals surface area contributed by atoms with Crippen LogP contribution in [-0.2, 0) is 31.2 Å². The van der Waals surface area contributed by atoms with Crippen LogP contribution in [0.1, 0.15) is 30.2 Å². The van der Waals surface area contributed by atoms with Gasteiger partial charge >= 0.3 is 5.97 Å². The first-order chi connectivity index (χ1) is 20.5. The number of nitrogens with one attached hydrogen (secondary N) is 2. The lowest BCUT2D eigenvalue weighted by Crippen LogP contribution is -2.25. The summed E-state index contributed by atoms with van der Waals surface area (Å²) in [5.74, 6) is -1.40. The lowest BCUT2D eigenvalue weighted by molar-refractivity contribution is -0.140. The van der Waals surface area contributed by atoms with Crippen LogP contribution in [0.15, 0.2) is 65.8 Å². The molecule has 1 aliphatic rings. The van der Waals surface area contributed by atoms with E-state index in [9.17, 15) is 13.2 Å². The Kier molecular flexibility index (Phi) is 6.96. The number of carbonyl (C=O) groups is 1. The summed E-state index contributed by atoms with van der Waals surface area (Å²) in [6.45, 7) is 2.27. The number of halogens is 2. The Balaban J connectivity index is 1.33. The number of imidazole rings is 1. The maximum absolute atomic E-state index is 15.1. The first kappa shape index (κ1) is 28.4. The van der Waals surface area contributed by atoms with E-state index in [-0.39, 0.29) is 39.8 Å². The van der Waals surface area contributed by atoms with Crippen molar-refractivity contribution in [2.45, 2.75) is 30.1 Å². The molecule has 0 saturated carbocycles. The molecule has 0 radical (unpaired) electrons. The van der Waals surface area contributed by atoms with Crippen molar-refractivity contribution >= 4 is 26.7 Å². The normalized spacial score (nSPS) is 16.2. The maximum atomic E-state index is 15.1. The molecule has 1 aliphatic heterocycles. The van der Waals surface area contributed by atoms with E-state index in [0.717, 1.165) is 29.5 Å². The van der Waals surface area contributed by atoms with Crippen LogP contribution in [0, 0.1) is 11.6 Å². The zero-order valence-electron chi connectivity index (χ0n) is 23.5. The summed E-state index contributed by atoms with van der Waals surface area (Å²) in [5, 5.41) is 0.276. The molecule has 0 saturated heterocycles. The van der Waals surface area contributed by atoms with E-state index in [1.807, 2.05) is 25.1 Å². The largest absolute Gasteiger partial charge is 0.492 e. The van der Waals surface area contributed by atoms with Gasteiger partial charge in [-0.3, -0.25) is 4.79 Å². The number of H-pyrrole nitrogens is 2. The van der Waals surface area contributed by atoms with Crippen LogP contribution >= 0.6 is 0 Å². The van der Waals surface area contributed by atoms with Crippen LogP contribution in [-0.4, -0.2) is 49.3 Å². The van der Waals surface area contributed by atoms with Gasteiger partial charge in [0.1, 0.15) is 34.6 Å². The van der Waals surface area contributed by atoms with Crippen molar-refractivity contribution in [3.8, 4) is 28.6 Å². The van der Waals surface area contributed by atoms with Gasteiger partial charge < -0.3 is 24.2 Å². The summed E-state index contributed by atoms with van der Waals surface area (Å²) in [7, 11) is -2.56.